The van der Waals surface area contributed by atoms with Crippen LogP contribution in [0.3, 0.4) is 0 Å². The van der Waals surface area contributed by atoms with Crippen LogP contribution in [0.1, 0.15) is 6.92 Å². The number of ether oxygens (including phenoxy) is 1. The van der Waals surface area contributed by atoms with Crippen LogP contribution in [0, 0.1) is 5.92 Å². The van der Waals surface area contributed by atoms with E-state index in [9.17, 15) is 13.6 Å². The highest BCUT2D eigenvalue weighted by atomic mass is 79.9. The average molecular weight is 372 g/mol. The Kier molecular flexibility index (Phi) is 6.64. The van der Waals surface area contributed by atoms with E-state index in [4.69, 9.17) is 11.6 Å². The SMILES string of the molecule is CNCC(C)C(=O)Nc1cc(Cl)cc(Br)c1OC(F)F. The second kappa shape index (κ2) is 7.75. The van der Waals surface area contributed by atoms with E-state index >= 15 is 0 Å². The van der Waals surface area contributed by atoms with Gasteiger partial charge in [0.1, 0.15) is 0 Å². The molecule has 1 rings (SSSR count). The average Bonchev–Trinajstić information content (AvgIpc) is 2.33. The Morgan fingerprint density at radius 2 is 2.15 bits per heavy atom. The first-order valence-electron chi connectivity index (χ1n) is 5.74. The Bertz CT molecular complexity index is 489. The molecule has 0 aromatic heterocycles. The van der Waals surface area contributed by atoms with Crippen LogP contribution >= 0.6 is 27.5 Å². The lowest BCUT2D eigenvalue weighted by Gasteiger charge is -2.16. The molecule has 4 nitrogen and oxygen atoms in total. The van der Waals surface area contributed by atoms with Crippen LogP contribution in [0.15, 0.2) is 16.6 Å². The van der Waals surface area contributed by atoms with Crippen LogP contribution in [-0.2, 0) is 4.79 Å². The number of carbonyl (C=O) groups excluding carboxylic acids is 1. The molecule has 0 saturated carbocycles. The number of nitrogens with one attached hydrogen (secondary N) is 2. The zero-order valence-electron chi connectivity index (χ0n) is 10.8. The van der Waals surface area contributed by atoms with Crippen LogP contribution in [-0.4, -0.2) is 26.1 Å². The first-order chi connectivity index (χ1) is 9.35. The van der Waals surface area contributed by atoms with Crippen LogP contribution < -0.4 is 15.4 Å². The van der Waals surface area contributed by atoms with Gasteiger partial charge in [-0.3, -0.25) is 4.79 Å². The second-order valence-corrected chi connectivity index (χ2v) is 5.38. The van der Waals surface area contributed by atoms with E-state index in [0.29, 0.717) is 6.54 Å². The molecule has 0 radical (unpaired) electrons. The van der Waals surface area contributed by atoms with Crippen LogP contribution in [0.4, 0.5) is 14.5 Å². The van der Waals surface area contributed by atoms with Gasteiger partial charge < -0.3 is 15.4 Å². The minimum absolute atomic E-state index is 0.0950. The largest absolute Gasteiger partial charge is 0.431 e. The Balaban J connectivity index is 3.00. The monoisotopic (exact) mass is 370 g/mol. The van der Waals surface area contributed by atoms with Gasteiger partial charge in [0.05, 0.1) is 10.2 Å². The van der Waals surface area contributed by atoms with Gasteiger partial charge in [-0.15, -0.1) is 0 Å². The summed E-state index contributed by atoms with van der Waals surface area (Å²) < 4.78 is 29.4. The van der Waals surface area contributed by atoms with Crippen molar-refractivity contribution in [3.63, 3.8) is 0 Å². The molecule has 0 heterocycles. The number of carbonyl (C=O) groups is 1. The lowest BCUT2D eigenvalue weighted by atomic mass is 10.1. The van der Waals surface area contributed by atoms with E-state index in [0.717, 1.165) is 0 Å². The third-order valence-electron chi connectivity index (χ3n) is 2.43. The summed E-state index contributed by atoms with van der Waals surface area (Å²) in [5.41, 5.74) is 0.0950. The highest BCUT2D eigenvalue weighted by Gasteiger charge is 2.19. The van der Waals surface area contributed by atoms with Gasteiger partial charge in [-0.1, -0.05) is 18.5 Å². The Hall–Kier alpha value is -0.920. The maximum absolute atomic E-state index is 12.4. The van der Waals surface area contributed by atoms with Crippen LogP contribution in [0.5, 0.6) is 5.75 Å². The van der Waals surface area contributed by atoms with Crippen molar-refractivity contribution >= 4 is 39.1 Å². The summed E-state index contributed by atoms with van der Waals surface area (Å²) in [6.45, 7) is -0.838. The van der Waals surface area contributed by atoms with Gasteiger partial charge in [-0.2, -0.15) is 8.78 Å². The fraction of sp³-hybridized carbons (Fsp3) is 0.417. The number of rotatable bonds is 6. The molecule has 1 aromatic rings. The predicted molar refractivity (Wildman–Crippen MR) is 77.5 cm³/mol. The summed E-state index contributed by atoms with van der Waals surface area (Å²) in [7, 11) is 1.71. The summed E-state index contributed by atoms with van der Waals surface area (Å²) in [5, 5.41) is 5.67. The molecular weight excluding hydrogens is 357 g/mol. The quantitative estimate of drug-likeness (QED) is 0.805. The first-order valence-corrected chi connectivity index (χ1v) is 6.91. The highest BCUT2D eigenvalue weighted by molar-refractivity contribution is 9.10. The van der Waals surface area contributed by atoms with Gasteiger partial charge in [-0.05, 0) is 35.1 Å². The smallest absolute Gasteiger partial charge is 0.387 e. The normalized spacial score (nSPS) is 12.3. The summed E-state index contributed by atoms with van der Waals surface area (Å²) in [6, 6.07) is 2.76. The Labute approximate surface area is 128 Å². The summed E-state index contributed by atoms with van der Waals surface area (Å²) in [5.74, 6) is -0.820. The zero-order chi connectivity index (χ0) is 15.3. The van der Waals surface area contributed by atoms with Crippen molar-refractivity contribution in [2.75, 3.05) is 18.9 Å². The molecule has 20 heavy (non-hydrogen) atoms. The van der Waals surface area contributed by atoms with E-state index in [1.165, 1.54) is 12.1 Å². The van der Waals surface area contributed by atoms with Crippen molar-refractivity contribution in [3.05, 3.63) is 21.6 Å². The van der Waals surface area contributed by atoms with Crippen molar-refractivity contribution in [1.29, 1.82) is 0 Å². The minimum Gasteiger partial charge on any atom is -0.431 e. The maximum atomic E-state index is 12.4. The predicted octanol–water partition coefficient (Wildman–Crippen LogP) is 3.50. The number of alkyl halides is 2. The molecule has 0 aliphatic carbocycles. The molecule has 1 aromatic carbocycles. The molecule has 0 spiro atoms. The molecule has 1 unspecified atom stereocenters. The molecule has 112 valence electrons. The van der Waals surface area contributed by atoms with E-state index in [-0.39, 0.29) is 32.8 Å². The first kappa shape index (κ1) is 17.1. The van der Waals surface area contributed by atoms with Gasteiger partial charge in [0, 0.05) is 17.5 Å². The third kappa shape index (κ3) is 4.88. The molecule has 0 aliphatic rings. The van der Waals surface area contributed by atoms with Crippen molar-refractivity contribution in [3.8, 4) is 5.75 Å². The van der Waals surface area contributed by atoms with Crippen molar-refractivity contribution < 1.29 is 18.3 Å². The molecule has 0 aliphatic heterocycles. The fourth-order valence-electron chi connectivity index (χ4n) is 1.52. The number of hydrogen-bond donors (Lipinski definition) is 2. The molecule has 0 fully saturated rings. The molecular formula is C12H14BrClF2N2O2. The molecule has 0 bridgehead atoms. The van der Waals surface area contributed by atoms with E-state index < -0.39 is 6.61 Å². The zero-order valence-corrected chi connectivity index (χ0v) is 13.2. The molecule has 1 amide bonds. The number of halogens is 4. The van der Waals surface area contributed by atoms with E-state index in [1.807, 2.05) is 0 Å². The van der Waals surface area contributed by atoms with Crippen molar-refractivity contribution in [1.82, 2.24) is 5.32 Å². The number of anilines is 1. The summed E-state index contributed by atoms with van der Waals surface area (Å²) >= 11 is 8.92. The lowest BCUT2D eigenvalue weighted by Crippen LogP contribution is -2.28. The third-order valence-corrected chi connectivity index (χ3v) is 3.24. The maximum Gasteiger partial charge on any atom is 0.387 e. The molecule has 0 saturated heterocycles. The Morgan fingerprint density at radius 1 is 1.50 bits per heavy atom. The second-order valence-electron chi connectivity index (χ2n) is 4.09. The standard InChI is InChI=1S/C12H14BrClF2N2O2/c1-6(5-17-2)11(19)18-9-4-7(14)3-8(13)10(9)20-12(15)16/h3-4,6,12,17H,5H2,1-2H3,(H,18,19). The fourth-order valence-corrected chi connectivity index (χ4v) is 2.42. The van der Waals surface area contributed by atoms with E-state index in [2.05, 4.69) is 31.3 Å². The number of amides is 1. The van der Waals surface area contributed by atoms with E-state index in [1.54, 1.807) is 14.0 Å². The van der Waals surface area contributed by atoms with Gasteiger partial charge in [-0.25, -0.2) is 0 Å². The summed E-state index contributed by atoms with van der Waals surface area (Å²) in [6.07, 6.45) is 0. The van der Waals surface area contributed by atoms with Gasteiger partial charge in [0.2, 0.25) is 5.91 Å². The molecule has 2 N–H and O–H groups in total. The molecule has 8 heteroatoms. The minimum atomic E-state index is -3.00. The number of hydrogen-bond acceptors (Lipinski definition) is 3. The topological polar surface area (TPSA) is 50.4 Å². The highest BCUT2D eigenvalue weighted by Crippen LogP contribution is 2.37. The number of benzene rings is 1. The summed E-state index contributed by atoms with van der Waals surface area (Å²) in [4.78, 5) is 11.9. The van der Waals surface area contributed by atoms with Gasteiger partial charge in [0.25, 0.3) is 0 Å². The van der Waals surface area contributed by atoms with Crippen LogP contribution in [0.25, 0.3) is 0 Å². The Morgan fingerprint density at radius 3 is 2.70 bits per heavy atom. The van der Waals surface area contributed by atoms with Crippen molar-refractivity contribution in [2.45, 2.75) is 13.5 Å². The van der Waals surface area contributed by atoms with Crippen LogP contribution in [0.2, 0.25) is 5.02 Å². The lowest BCUT2D eigenvalue weighted by molar-refractivity contribution is -0.119. The van der Waals surface area contributed by atoms with Gasteiger partial charge in [0.15, 0.2) is 5.75 Å². The van der Waals surface area contributed by atoms with Gasteiger partial charge >= 0.3 is 6.61 Å². The van der Waals surface area contributed by atoms with Crippen molar-refractivity contribution in [2.24, 2.45) is 5.92 Å². The molecule has 1 atom stereocenters.